The Morgan fingerprint density at radius 2 is 1.81 bits per heavy atom. The van der Waals surface area contributed by atoms with Gasteiger partial charge in [-0.3, -0.25) is 19.3 Å². The zero-order chi connectivity index (χ0) is 22.0. The van der Waals surface area contributed by atoms with Crippen molar-refractivity contribution in [3.63, 3.8) is 0 Å². The van der Waals surface area contributed by atoms with Crippen molar-refractivity contribution in [2.75, 3.05) is 13.1 Å². The van der Waals surface area contributed by atoms with Crippen molar-refractivity contribution in [3.8, 4) is 0 Å². The van der Waals surface area contributed by atoms with E-state index < -0.39 is 0 Å². The zero-order valence-electron chi connectivity index (χ0n) is 16.7. The molecule has 3 amide bonds. The third-order valence-electron chi connectivity index (χ3n) is 5.56. The summed E-state index contributed by atoms with van der Waals surface area (Å²) in [5.74, 6) is -0.882. The number of hydrogen-bond donors (Lipinski definition) is 2. The molecule has 0 bridgehead atoms. The maximum absolute atomic E-state index is 12.5. The highest BCUT2D eigenvalue weighted by Crippen LogP contribution is 2.35. The molecule has 160 valence electrons. The molecule has 3 aromatic rings. The van der Waals surface area contributed by atoms with Crippen molar-refractivity contribution in [2.24, 2.45) is 0 Å². The number of halogens is 2. The second-order valence-electron chi connectivity index (χ2n) is 7.50. The summed E-state index contributed by atoms with van der Waals surface area (Å²) < 4.78 is 0. The van der Waals surface area contributed by atoms with Gasteiger partial charge >= 0.3 is 0 Å². The number of rotatable bonds is 7. The summed E-state index contributed by atoms with van der Waals surface area (Å²) >= 11 is 12.6. The van der Waals surface area contributed by atoms with Crippen molar-refractivity contribution < 1.29 is 14.4 Å². The highest BCUT2D eigenvalue weighted by Gasteiger charge is 2.29. The van der Waals surface area contributed by atoms with Gasteiger partial charge in [-0.2, -0.15) is 0 Å². The molecule has 2 N–H and O–H groups in total. The van der Waals surface area contributed by atoms with E-state index in [2.05, 4.69) is 10.3 Å². The fourth-order valence-electron chi connectivity index (χ4n) is 3.94. The predicted octanol–water partition coefficient (Wildman–Crippen LogP) is 4.26. The molecule has 1 aliphatic rings. The molecule has 1 aromatic heterocycles. The number of para-hydroxylation sites is 1. The van der Waals surface area contributed by atoms with Crippen LogP contribution in [0.3, 0.4) is 0 Å². The first-order valence-electron chi connectivity index (χ1n) is 10.0. The minimum atomic E-state index is -0.234. The molecule has 0 radical (unpaired) electrons. The predicted molar refractivity (Wildman–Crippen MR) is 120 cm³/mol. The Balaban J connectivity index is 1.53. The largest absolute Gasteiger partial charge is 0.361 e. The van der Waals surface area contributed by atoms with Crippen molar-refractivity contribution in [2.45, 2.75) is 25.2 Å². The van der Waals surface area contributed by atoms with Crippen LogP contribution in [0.25, 0.3) is 10.9 Å². The van der Waals surface area contributed by atoms with E-state index in [9.17, 15) is 14.4 Å². The van der Waals surface area contributed by atoms with E-state index in [1.165, 1.54) is 0 Å². The standard InChI is InChI=1S/C23H21Cl2N3O3/c24-14-5-6-15(19(25)11-14)17(18-12-26-20-4-2-1-3-16(18)20)13-27-21(29)9-10-28-22(30)7-8-23(28)31/h1-6,11-12,17,26H,7-10,13H2,(H,27,29). The van der Waals surface area contributed by atoms with E-state index in [4.69, 9.17) is 23.2 Å². The molecule has 1 aliphatic heterocycles. The van der Waals surface area contributed by atoms with Crippen LogP contribution in [0.2, 0.25) is 10.0 Å². The highest BCUT2D eigenvalue weighted by atomic mass is 35.5. The number of likely N-dealkylation sites (tertiary alicyclic amines) is 1. The van der Waals surface area contributed by atoms with Gasteiger partial charge in [0.2, 0.25) is 17.7 Å². The first-order chi connectivity index (χ1) is 14.9. The number of imide groups is 1. The fourth-order valence-corrected chi connectivity index (χ4v) is 4.48. The summed E-state index contributed by atoms with van der Waals surface area (Å²) in [5.41, 5.74) is 2.84. The number of nitrogens with zero attached hydrogens (tertiary/aromatic N) is 1. The number of hydrogen-bond acceptors (Lipinski definition) is 3. The van der Waals surface area contributed by atoms with E-state index in [1.54, 1.807) is 12.1 Å². The van der Waals surface area contributed by atoms with Gasteiger partial charge in [0, 0.05) is 65.4 Å². The quantitative estimate of drug-likeness (QED) is 0.519. The van der Waals surface area contributed by atoms with Crippen LogP contribution in [0, 0.1) is 0 Å². The lowest BCUT2D eigenvalue weighted by molar-refractivity contribution is -0.138. The van der Waals surface area contributed by atoms with Crippen LogP contribution >= 0.6 is 23.2 Å². The Morgan fingerprint density at radius 3 is 2.55 bits per heavy atom. The van der Waals surface area contributed by atoms with Crippen molar-refractivity contribution in [3.05, 3.63) is 69.8 Å². The van der Waals surface area contributed by atoms with Gasteiger partial charge in [-0.1, -0.05) is 47.5 Å². The normalized spacial score (nSPS) is 15.0. The maximum Gasteiger partial charge on any atom is 0.229 e. The SMILES string of the molecule is O=C(CCN1C(=O)CCC1=O)NCC(c1ccc(Cl)cc1Cl)c1c[nH]c2ccccc12. The molecule has 6 nitrogen and oxygen atoms in total. The molecule has 2 aromatic carbocycles. The Labute approximate surface area is 189 Å². The Hall–Kier alpha value is -2.83. The number of fused-ring (bicyclic) bond motifs is 1. The number of H-pyrrole nitrogens is 1. The lowest BCUT2D eigenvalue weighted by Crippen LogP contribution is -2.35. The topological polar surface area (TPSA) is 82.3 Å². The summed E-state index contributed by atoms with van der Waals surface area (Å²) in [7, 11) is 0. The van der Waals surface area contributed by atoms with Gasteiger partial charge in [-0.25, -0.2) is 0 Å². The molecule has 31 heavy (non-hydrogen) atoms. The monoisotopic (exact) mass is 457 g/mol. The van der Waals surface area contributed by atoms with Crippen LogP contribution < -0.4 is 5.32 Å². The van der Waals surface area contributed by atoms with Gasteiger partial charge in [0.05, 0.1) is 0 Å². The van der Waals surface area contributed by atoms with E-state index >= 15 is 0 Å². The molecule has 0 aliphatic carbocycles. The molecular formula is C23H21Cl2N3O3. The molecule has 1 unspecified atom stereocenters. The molecule has 1 saturated heterocycles. The Bertz CT molecular complexity index is 1140. The minimum absolute atomic E-state index is 0.0619. The number of carbonyl (C=O) groups is 3. The molecule has 1 atom stereocenters. The van der Waals surface area contributed by atoms with Crippen LogP contribution in [0.4, 0.5) is 0 Å². The average molecular weight is 458 g/mol. The lowest BCUT2D eigenvalue weighted by Gasteiger charge is -2.20. The fraction of sp³-hybridized carbons (Fsp3) is 0.261. The van der Waals surface area contributed by atoms with Gasteiger partial charge < -0.3 is 10.3 Å². The number of aromatic amines is 1. The van der Waals surface area contributed by atoms with Gasteiger partial charge in [0.15, 0.2) is 0 Å². The highest BCUT2D eigenvalue weighted by molar-refractivity contribution is 6.35. The number of benzene rings is 2. The van der Waals surface area contributed by atoms with E-state index in [0.717, 1.165) is 26.9 Å². The second kappa shape index (κ2) is 9.12. The first kappa shape index (κ1) is 21.4. The molecule has 2 heterocycles. The number of amides is 3. The molecule has 8 heteroatoms. The third kappa shape index (κ3) is 4.60. The number of carbonyl (C=O) groups excluding carboxylic acids is 3. The minimum Gasteiger partial charge on any atom is -0.361 e. The van der Waals surface area contributed by atoms with Crippen LogP contribution in [-0.2, 0) is 14.4 Å². The van der Waals surface area contributed by atoms with E-state index in [1.807, 2.05) is 36.5 Å². The first-order valence-corrected chi connectivity index (χ1v) is 10.8. The van der Waals surface area contributed by atoms with Gasteiger partial charge in [-0.15, -0.1) is 0 Å². The van der Waals surface area contributed by atoms with Crippen LogP contribution in [0.15, 0.2) is 48.7 Å². The molecule has 4 rings (SSSR count). The van der Waals surface area contributed by atoms with E-state index in [-0.39, 0.29) is 49.4 Å². The number of nitrogens with one attached hydrogen (secondary N) is 2. The smallest absolute Gasteiger partial charge is 0.229 e. The molecule has 0 saturated carbocycles. The molecule has 0 spiro atoms. The zero-order valence-corrected chi connectivity index (χ0v) is 18.2. The Kier molecular flexibility index (Phi) is 6.30. The van der Waals surface area contributed by atoms with Gasteiger partial charge in [-0.05, 0) is 29.3 Å². The Morgan fingerprint density at radius 1 is 1.06 bits per heavy atom. The number of aromatic nitrogens is 1. The molecule has 1 fully saturated rings. The third-order valence-corrected chi connectivity index (χ3v) is 6.12. The van der Waals surface area contributed by atoms with Gasteiger partial charge in [0.25, 0.3) is 0 Å². The summed E-state index contributed by atoms with van der Waals surface area (Å²) in [4.78, 5) is 40.4. The van der Waals surface area contributed by atoms with E-state index in [0.29, 0.717) is 16.6 Å². The van der Waals surface area contributed by atoms with Gasteiger partial charge in [0.1, 0.15) is 0 Å². The van der Waals surface area contributed by atoms with Crippen molar-refractivity contribution >= 4 is 51.8 Å². The van der Waals surface area contributed by atoms with Crippen molar-refractivity contribution in [1.29, 1.82) is 0 Å². The summed E-state index contributed by atoms with van der Waals surface area (Å²) in [6.07, 6.45) is 2.43. The van der Waals surface area contributed by atoms with Crippen LogP contribution in [0.5, 0.6) is 0 Å². The van der Waals surface area contributed by atoms with Crippen molar-refractivity contribution in [1.82, 2.24) is 15.2 Å². The molecular weight excluding hydrogens is 437 g/mol. The summed E-state index contributed by atoms with van der Waals surface area (Å²) in [6, 6.07) is 13.2. The summed E-state index contributed by atoms with van der Waals surface area (Å²) in [6.45, 7) is 0.410. The van der Waals surface area contributed by atoms with Crippen LogP contribution in [-0.4, -0.2) is 40.7 Å². The second-order valence-corrected chi connectivity index (χ2v) is 8.34. The lowest BCUT2D eigenvalue weighted by atomic mass is 9.90. The van der Waals surface area contributed by atoms with Crippen LogP contribution in [0.1, 0.15) is 36.3 Å². The maximum atomic E-state index is 12.5. The summed E-state index contributed by atoms with van der Waals surface area (Å²) in [5, 5.41) is 5.03. The average Bonchev–Trinajstić information content (AvgIpc) is 3.31.